The number of hydrogen-bond donors (Lipinski definition) is 2. The van der Waals surface area contributed by atoms with Gasteiger partial charge < -0.3 is 24.5 Å². The molecule has 0 fully saturated rings. The van der Waals surface area contributed by atoms with Crippen LogP contribution in [0.1, 0.15) is 54.2 Å². The molecule has 0 bridgehead atoms. The molecular weight excluding hydrogens is 393 g/mol. The number of benzene rings is 2. The van der Waals surface area contributed by atoms with Crippen molar-refractivity contribution >= 4 is 24.8 Å². The predicted octanol–water partition coefficient (Wildman–Crippen LogP) is 2.40. The van der Waals surface area contributed by atoms with Crippen molar-refractivity contribution in [2.24, 2.45) is 5.92 Å². The van der Waals surface area contributed by atoms with Gasteiger partial charge in [0.05, 0.1) is 19.8 Å². The lowest BCUT2D eigenvalue weighted by Gasteiger charge is -2.33. The quantitative estimate of drug-likeness (QED) is 0.453. The molecule has 1 aliphatic rings. The van der Waals surface area contributed by atoms with E-state index < -0.39 is 12.7 Å². The van der Waals surface area contributed by atoms with Crippen LogP contribution in [0.5, 0.6) is 0 Å². The molecule has 1 atom stereocenters. The van der Waals surface area contributed by atoms with E-state index in [1.807, 2.05) is 57.2 Å². The van der Waals surface area contributed by atoms with Gasteiger partial charge in [0.1, 0.15) is 11.8 Å². The van der Waals surface area contributed by atoms with E-state index in [-0.39, 0.29) is 18.4 Å². The number of nitrogens with one attached hydrogen (secondary N) is 1. The maximum atomic E-state index is 13.3. The molecule has 0 radical (unpaired) electrons. The summed E-state index contributed by atoms with van der Waals surface area (Å²) in [4.78, 5) is 25.5. The fraction of sp³-hybridized carbons (Fsp3) is 0.417. The van der Waals surface area contributed by atoms with Crippen LogP contribution in [0.4, 0.5) is 0 Å². The zero-order valence-electron chi connectivity index (χ0n) is 18.4. The third-order valence-corrected chi connectivity index (χ3v) is 5.87. The Labute approximate surface area is 184 Å². The van der Waals surface area contributed by atoms with E-state index in [9.17, 15) is 14.6 Å². The summed E-state index contributed by atoms with van der Waals surface area (Å²) in [5.74, 6) is -0.530. The highest BCUT2D eigenvalue weighted by molar-refractivity contribution is 6.62. The van der Waals surface area contributed by atoms with E-state index in [4.69, 9.17) is 9.39 Å². The molecule has 0 unspecified atom stereocenters. The van der Waals surface area contributed by atoms with Gasteiger partial charge in [0.2, 0.25) is 0 Å². The normalized spacial score (nSPS) is 14.9. The summed E-state index contributed by atoms with van der Waals surface area (Å²) >= 11 is 0. The van der Waals surface area contributed by atoms with E-state index in [0.29, 0.717) is 30.7 Å². The van der Waals surface area contributed by atoms with Gasteiger partial charge in [-0.25, -0.2) is 0 Å². The van der Waals surface area contributed by atoms with Crippen molar-refractivity contribution < 1.29 is 24.0 Å². The number of rotatable bonds is 10. The first-order valence-electron chi connectivity index (χ1n) is 10.8. The first-order chi connectivity index (χ1) is 14.9. The Morgan fingerprint density at radius 2 is 2.03 bits per heavy atom. The SMILES string of the molecule is CCCc1c(C(=O)N[C@@](C=O)(COCc2ccccc2)C(C)C)ccc2c1B(O)OC2. The van der Waals surface area contributed by atoms with Gasteiger partial charge in [-0.3, -0.25) is 4.79 Å². The van der Waals surface area contributed by atoms with Crippen LogP contribution < -0.4 is 10.8 Å². The van der Waals surface area contributed by atoms with Gasteiger partial charge in [0.25, 0.3) is 5.91 Å². The number of ether oxygens (including phenoxy) is 1. The van der Waals surface area contributed by atoms with Crippen molar-refractivity contribution in [1.29, 1.82) is 0 Å². The van der Waals surface area contributed by atoms with Crippen LogP contribution in [0, 0.1) is 5.92 Å². The maximum Gasteiger partial charge on any atom is 0.492 e. The summed E-state index contributed by atoms with van der Waals surface area (Å²) in [6, 6.07) is 13.2. The van der Waals surface area contributed by atoms with Crippen molar-refractivity contribution in [3.63, 3.8) is 0 Å². The molecular formula is C24H30BNO5. The van der Waals surface area contributed by atoms with Gasteiger partial charge in [-0.15, -0.1) is 0 Å². The Hall–Kier alpha value is -2.48. The van der Waals surface area contributed by atoms with Crippen LogP contribution in [0.2, 0.25) is 0 Å². The third kappa shape index (κ3) is 5.06. The summed E-state index contributed by atoms with van der Waals surface area (Å²) in [7, 11) is -1.03. The van der Waals surface area contributed by atoms with E-state index in [1.165, 1.54) is 0 Å². The number of carbonyl (C=O) groups is 2. The molecule has 0 aliphatic carbocycles. The Bertz CT molecular complexity index is 918. The fourth-order valence-corrected chi connectivity index (χ4v) is 3.87. The van der Waals surface area contributed by atoms with Gasteiger partial charge in [0.15, 0.2) is 0 Å². The van der Waals surface area contributed by atoms with Crippen molar-refractivity contribution in [2.75, 3.05) is 6.61 Å². The number of carbonyl (C=O) groups excluding carboxylic acids is 2. The highest BCUT2D eigenvalue weighted by Gasteiger charge is 2.38. The molecule has 2 N–H and O–H groups in total. The number of amides is 1. The van der Waals surface area contributed by atoms with Gasteiger partial charge in [-0.05, 0) is 40.6 Å². The highest BCUT2D eigenvalue weighted by Crippen LogP contribution is 2.22. The predicted molar refractivity (Wildman–Crippen MR) is 120 cm³/mol. The number of hydrogen-bond acceptors (Lipinski definition) is 5. The summed E-state index contributed by atoms with van der Waals surface area (Å²) in [5.41, 5.74) is 2.63. The van der Waals surface area contributed by atoms with Crippen LogP contribution in [-0.4, -0.2) is 36.5 Å². The first kappa shape index (κ1) is 23.2. The molecule has 2 aromatic rings. The second kappa shape index (κ2) is 10.2. The third-order valence-electron chi connectivity index (χ3n) is 5.87. The molecule has 31 heavy (non-hydrogen) atoms. The molecule has 2 aromatic carbocycles. The molecule has 1 amide bonds. The van der Waals surface area contributed by atoms with Crippen LogP contribution >= 0.6 is 0 Å². The van der Waals surface area contributed by atoms with Crippen molar-refractivity contribution in [3.8, 4) is 0 Å². The maximum absolute atomic E-state index is 13.3. The topological polar surface area (TPSA) is 84.9 Å². The van der Waals surface area contributed by atoms with Crippen molar-refractivity contribution in [1.82, 2.24) is 5.32 Å². The Morgan fingerprint density at radius 1 is 1.29 bits per heavy atom. The summed E-state index contributed by atoms with van der Waals surface area (Å²) in [6.07, 6.45) is 2.21. The van der Waals surface area contributed by atoms with Gasteiger partial charge in [0, 0.05) is 5.56 Å². The number of fused-ring (bicyclic) bond motifs is 1. The molecule has 0 spiro atoms. The van der Waals surface area contributed by atoms with E-state index >= 15 is 0 Å². The van der Waals surface area contributed by atoms with Crippen molar-refractivity contribution in [2.45, 2.75) is 52.4 Å². The van der Waals surface area contributed by atoms with Crippen LogP contribution in [0.15, 0.2) is 42.5 Å². The van der Waals surface area contributed by atoms with E-state index in [1.54, 1.807) is 6.07 Å². The first-order valence-corrected chi connectivity index (χ1v) is 10.8. The lowest BCUT2D eigenvalue weighted by molar-refractivity contribution is -0.117. The van der Waals surface area contributed by atoms with E-state index in [2.05, 4.69) is 5.32 Å². The average molecular weight is 423 g/mol. The highest BCUT2D eigenvalue weighted by atomic mass is 16.5. The summed E-state index contributed by atoms with van der Waals surface area (Å²) < 4.78 is 11.2. The van der Waals surface area contributed by atoms with Crippen LogP contribution in [0.25, 0.3) is 0 Å². The molecule has 0 saturated heterocycles. The second-order valence-electron chi connectivity index (χ2n) is 8.32. The lowest BCUT2D eigenvalue weighted by atomic mass is 9.73. The van der Waals surface area contributed by atoms with E-state index in [0.717, 1.165) is 29.4 Å². The molecule has 7 heteroatoms. The molecule has 3 rings (SSSR count). The molecule has 6 nitrogen and oxygen atoms in total. The summed E-state index contributed by atoms with van der Waals surface area (Å²) in [6.45, 7) is 6.52. The smallest absolute Gasteiger partial charge is 0.423 e. The minimum atomic E-state index is -1.16. The van der Waals surface area contributed by atoms with Crippen molar-refractivity contribution in [3.05, 3.63) is 64.7 Å². The molecule has 1 aliphatic heterocycles. The average Bonchev–Trinajstić information content (AvgIpc) is 3.15. The Morgan fingerprint density at radius 3 is 2.68 bits per heavy atom. The molecule has 0 aromatic heterocycles. The minimum absolute atomic E-state index is 0.0641. The zero-order valence-corrected chi connectivity index (χ0v) is 18.4. The standard InChI is InChI=1S/C24H30BNO5/c1-4-8-20-21(12-11-19-14-31-25(29)22(19)20)23(28)26-24(15-27,17(2)3)16-30-13-18-9-6-5-7-10-18/h5-7,9-12,15,17,29H,4,8,13-14,16H2,1-3H3,(H,26,28)/t24-/m0/s1. The zero-order chi connectivity index (χ0) is 22.4. The lowest BCUT2D eigenvalue weighted by Crippen LogP contribution is -2.57. The van der Waals surface area contributed by atoms with Gasteiger partial charge >= 0.3 is 7.12 Å². The molecule has 1 heterocycles. The summed E-state index contributed by atoms with van der Waals surface area (Å²) in [5, 5.41) is 13.2. The fourth-order valence-electron chi connectivity index (χ4n) is 3.87. The molecule has 0 saturated carbocycles. The Balaban J connectivity index is 1.82. The largest absolute Gasteiger partial charge is 0.492 e. The van der Waals surface area contributed by atoms with Gasteiger partial charge in [-0.1, -0.05) is 63.6 Å². The number of aldehydes is 1. The minimum Gasteiger partial charge on any atom is -0.423 e. The van der Waals surface area contributed by atoms with Crippen LogP contribution in [0.3, 0.4) is 0 Å². The second-order valence-corrected chi connectivity index (χ2v) is 8.32. The monoisotopic (exact) mass is 423 g/mol. The van der Waals surface area contributed by atoms with Gasteiger partial charge in [-0.2, -0.15) is 0 Å². The molecule has 164 valence electrons. The Kier molecular flexibility index (Phi) is 7.65. The van der Waals surface area contributed by atoms with Crippen LogP contribution in [-0.2, 0) is 33.8 Å².